The van der Waals surface area contributed by atoms with Gasteiger partial charge in [0.05, 0.1) is 11.9 Å². The van der Waals surface area contributed by atoms with Crippen molar-refractivity contribution in [3.8, 4) is 5.75 Å². The van der Waals surface area contributed by atoms with Gasteiger partial charge in [0, 0.05) is 9.50 Å². The van der Waals surface area contributed by atoms with Gasteiger partial charge in [0.2, 0.25) is 0 Å². The molecule has 9 heteroatoms. The van der Waals surface area contributed by atoms with Crippen LogP contribution in [0.3, 0.4) is 0 Å². The highest BCUT2D eigenvalue weighted by atomic mass is 79.9. The lowest BCUT2D eigenvalue weighted by molar-refractivity contribution is -0.136. The van der Waals surface area contributed by atoms with Gasteiger partial charge in [-0.1, -0.05) is 39.7 Å². The van der Waals surface area contributed by atoms with Gasteiger partial charge in [-0.15, -0.1) is 0 Å². The number of ether oxygens (including phenoxy) is 1. The molecule has 0 fully saturated rings. The van der Waals surface area contributed by atoms with E-state index in [-0.39, 0.29) is 5.69 Å². The van der Waals surface area contributed by atoms with Crippen LogP contribution in [0.15, 0.2) is 76.3 Å². The largest absolute Gasteiger partial charge is 0.489 e. The van der Waals surface area contributed by atoms with Crippen molar-refractivity contribution in [2.45, 2.75) is 6.61 Å². The summed E-state index contributed by atoms with van der Waals surface area (Å²) in [6.45, 7) is 0.398. The molecule has 0 aliphatic carbocycles. The maximum absolute atomic E-state index is 13.7. The first-order chi connectivity index (χ1) is 14.9. The monoisotopic (exact) mass is 503 g/mol. The minimum Gasteiger partial charge on any atom is -0.489 e. The standard InChI is InChI=1S/C22H16BrClFN3O3/c23-16-5-10-20(19(25)11-16)27-21(29)22(30)28-26-12-14-3-8-18(9-4-14)31-13-15-1-6-17(24)7-2-15/h1-12H,13H2,(H,27,29)(H,28,30). The Morgan fingerprint density at radius 2 is 1.74 bits per heavy atom. The van der Waals surface area contributed by atoms with Crippen LogP contribution in [0, 0.1) is 5.82 Å². The number of amides is 2. The number of nitrogens with one attached hydrogen (secondary N) is 2. The predicted molar refractivity (Wildman–Crippen MR) is 121 cm³/mol. The average Bonchev–Trinajstić information content (AvgIpc) is 2.76. The first-order valence-corrected chi connectivity index (χ1v) is 10.1. The Morgan fingerprint density at radius 1 is 1.03 bits per heavy atom. The van der Waals surface area contributed by atoms with Gasteiger partial charge in [-0.25, -0.2) is 9.82 Å². The fraction of sp³-hybridized carbons (Fsp3) is 0.0455. The minimum absolute atomic E-state index is 0.110. The van der Waals surface area contributed by atoms with Crippen LogP contribution >= 0.6 is 27.5 Å². The molecule has 0 heterocycles. The Bertz CT molecular complexity index is 1110. The molecule has 0 atom stereocenters. The van der Waals surface area contributed by atoms with Gasteiger partial charge in [0.1, 0.15) is 18.2 Å². The van der Waals surface area contributed by atoms with Crippen molar-refractivity contribution in [2.24, 2.45) is 5.10 Å². The van der Waals surface area contributed by atoms with Crippen LogP contribution in [-0.4, -0.2) is 18.0 Å². The highest BCUT2D eigenvalue weighted by molar-refractivity contribution is 9.10. The first kappa shape index (κ1) is 22.5. The van der Waals surface area contributed by atoms with E-state index in [1.165, 1.54) is 24.4 Å². The van der Waals surface area contributed by atoms with Crippen molar-refractivity contribution in [1.29, 1.82) is 0 Å². The second-order valence-corrected chi connectivity index (χ2v) is 7.61. The molecule has 158 valence electrons. The molecule has 2 N–H and O–H groups in total. The maximum atomic E-state index is 13.7. The topological polar surface area (TPSA) is 79.8 Å². The van der Waals surface area contributed by atoms with Gasteiger partial charge in [-0.05, 0) is 65.7 Å². The van der Waals surface area contributed by atoms with E-state index in [1.807, 2.05) is 12.1 Å². The minimum atomic E-state index is -1.04. The van der Waals surface area contributed by atoms with Gasteiger partial charge in [-0.3, -0.25) is 9.59 Å². The lowest BCUT2D eigenvalue weighted by Crippen LogP contribution is -2.32. The van der Waals surface area contributed by atoms with E-state index in [1.54, 1.807) is 36.4 Å². The quantitative estimate of drug-likeness (QED) is 0.284. The smallest absolute Gasteiger partial charge is 0.329 e. The number of halogens is 3. The molecule has 3 rings (SSSR count). The third kappa shape index (κ3) is 6.91. The lowest BCUT2D eigenvalue weighted by atomic mass is 10.2. The fourth-order valence-corrected chi connectivity index (χ4v) is 2.84. The van der Waals surface area contributed by atoms with Crippen LogP contribution in [-0.2, 0) is 16.2 Å². The fourth-order valence-electron chi connectivity index (χ4n) is 2.38. The number of rotatable bonds is 6. The zero-order valence-corrected chi connectivity index (χ0v) is 18.3. The zero-order valence-electron chi connectivity index (χ0n) is 15.9. The molecule has 0 aliphatic heterocycles. The van der Waals surface area contributed by atoms with Gasteiger partial charge < -0.3 is 10.1 Å². The highest BCUT2D eigenvalue weighted by Gasteiger charge is 2.15. The summed E-state index contributed by atoms with van der Waals surface area (Å²) < 4.78 is 19.9. The van der Waals surface area contributed by atoms with E-state index < -0.39 is 17.6 Å². The number of hydrogen-bond donors (Lipinski definition) is 2. The van der Waals surface area contributed by atoms with Gasteiger partial charge in [0.25, 0.3) is 0 Å². The van der Waals surface area contributed by atoms with Crippen LogP contribution in [0.1, 0.15) is 11.1 Å². The normalized spacial score (nSPS) is 10.7. The molecule has 3 aromatic carbocycles. The number of benzene rings is 3. The van der Waals surface area contributed by atoms with Crippen molar-refractivity contribution in [2.75, 3.05) is 5.32 Å². The Balaban J connectivity index is 1.48. The number of nitrogens with zero attached hydrogens (tertiary/aromatic N) is 1. The Kier molecular flexibility index (Phi) is 7.75. The molecule has 0 saturated heterocycles. The molecular formula is C22H16BrClFN3O3. The van der Waals surface area contributed by atoms with Crippen molar-refractivity contribution >= 4 is 51.2 Å². The van der Waals surface area contributed by atoms with E-state index in [0.29, 0.717) is 27.4 Å². The van der Waals surface area contributed by atoms with Crippen LogP contribution in [0.25, 0.3) is 0 Å². The van der Waals surface area contributed by atoms with Crippen molar-refractivity contribution in [3.63, 3.8) is 0 Å². The van der Waals surface area contributed by atoms with Crippen LogP contribution in [0.4, 0.5) is 10.1 Å². The summed E-state index contributed by atoms with van der Waals surface area (Å²) in [7, 11) is 0. The summed E-state index contributed by atoms with van der Waals surface area (Å²) in [6, 6.07) is 18.4. The van der Waals surface area contributed by atoms with Crippen LogP contribution in [0.2, 0.25) is 5.02 Å². The van der Waals surface area contributed by atoms with E-state index in [9.17, 15) is 14.0 Å². The molecular weight excluding hydrogens is 489 g/mol. The molecule has 3 aromatic rings. The van der Waals surface area contributed by atoms with Gasteiger partial charge in [0.15, 0.2) is 0 Å². The maximum Gasteiger partial charge on any atom is 0.329 e. The van der Waals surface area contributed by atoms with Gasteiger partial charge in [-0.2, -0.15) is 5.10 Å². The number of hydrazone groups is 1. The molecule has 0 unspecified atom stereocenters. The molecule has 0 bridgehead atoms. The van der Waals surface area contributed by atoms with Crippen LogP contribution < -0.4 is 15.5 Å². The van der Waals surface area contributed by atoms with E-state index >= 15 is 0 Å². The summed E-state index contributed by atoms with van der Waals surface area (Å²) in [5.41, 5.74) is 3.65. The molecule has 6 nitrogen and oxygen atoms in total. The number of anilines is 1. The number of carbonyl (C=O) groups excluding carboxylic acids is 2. The lowest BCUT2D eigenvalue weighted by Gasteiger charge is -2.07. The number of hydrogen-bond acceptors (Lipinski definition) is 4. The predicted octanol–water partition coefficient (Wildman–Crippen LogP) is 4.91. The van der Waals surface area contributed by atoms with E-state index in [4.69, 9.17) is 16.3 Å². The SMILES string of the molecule is O=C(NN=Cc1ccc(OCc2ccc(Cl)cc2)cc1)C(=O)Nc1ccc(Br)cc1F. The second kappa shape index (κ2) is 10.7. The van der Waals surface area contributed by atoms with Gasteiger partial charge >= 0.3 is 11.8 Å². The average molecular weight is 505 g/mol. The third-order valence-corrected chi connectivity index (χ3v) is 4.71. The van der Waals surface area contributed by atoms with Crippen molar-refractivity contribution in [3.05, 3.63) is 93.2 Å². The van der Waals surface area contributed by atoms with Crippen LogP contribution in [0.5, 0.6) is 5.75 Å². The molecule has 0 saturated carbocycles. The van der Waals surface area contributed by atoms with Crippen molar-refractivity contribution < 1.29 is 18.7 Å². The highest BCUT2D eigenvalue weighted by Crippen LogP contribution is 2.19. The summed E-state index contributed by atoms with van der Waals surface area (Å²) >= 11 is 8.96. The summed E-state index contributed by atoms with van der Waals surface area (Å²) in [5.74, 6) is -2.07. The third-order valence-electron chi connectivity index (χ3n) is 3.96. The summed E-state index contributed by atoms with van der Waals surface area (Å²) in [6.07, 6.45) is 1.37. The zero-order chi connectivity index (χ0) is 22.2. The van der Waals surface area contributed by atoms with E-state index in [2.05, 4.69) is 31.8 Å². The Hall–Kier alpha value is -3.23. The molecule has 31 heavy (non-hydrogen) atoms. The molecule has 2 amide bonds. The van der Waals surface area contributed by atoms with E-state index in [0.717, 1.165) is 5.56 Å². The molecule has 0 radical (unpaired) electrons. The molecule has 0 aromatic heterocycles. The van der Waals surface area contributed by atoms with Crippen molar-refractivity contribution in [1.82, 2.24) is 5.43 Å². The summed E-state index contributed by atoms with van der Waals surface area (Å²) in [4.78, 5) is 23.7. The molecule has 0 aliphatic rings. The Labute approximate surface area is 191 Å². The Morgan fingerprint density at radius 3 is 2.42 bits per heavy atom. The molecule has 0 spiro atoms. The summed E-state index contributed by atoms with van der Waals surface area (Å²) in [5, 5.41) is 6.58. The second-order valence-electron chi connectivity index (χ2n) is 6.26. The first-order valence-electron chi connectivity index (χ1n) is 8.97. The number of carbonyl (C=O) groups is 2.